The van der Waals surface area contributed by atoms with E-state index in [1.165, 1.54) is 0 Å². The molecule has 0 aromatic heterocycles. The number of methoxy groups -OCH3 is 2. The molecular weight excluding hydrogens is 388 g/mol. The number of aliphatic hydroxyl groups is 2. The lowest BCUT2D eigenvalue weighted by Crippen LogP contribution is -2.49. The highest BCUT2D eigenvalue weighted by atomic mass is 35.5. The summed E-state index contributed by atoms with van der Waals surface area (Å²) in [6.07, 6.45) is 2.36. The Morgan fingerprint density at radius 2 is 1.39 bits per heavy atom. The molecule has 0 aromatic rings. The molecule has 9 heteroatoms. The number of ether oxygens (including phenoxy) is 3. The van der Waals surface area contributed by atoms with Crippen molar-refractivity contribution in [2.45, 2.75) is 63.3 Å². The van der Waals surface area contributed by atoms with Crippen LogP contribution in [0.25, 0.3) is 0 Å². The molecule has 0 radical (unpaired) electrons. The molecule has 2 fully saturated rings. The lowest BCUT2D eigenvalue weighted by atomic mass is 9.92. The van der Waals surface area contributed by atoms with E-state index >= 15 is 0 Å². The van der Waals surface area contributed by atoms with Gasteiger partial charge in [-0.3, -0.25) is 0 Å². The summed E-state index contributed by atoms with van der Waals surface area (Å²) >= 11 is 0. The van der Waals surface area contributed by atoms with E-state index in [0.29, 0.717) is 39.1 Å². The summed E-state index contributed by atoms with van der Waals surface area (Å²) < 4.78 is 15.2. The Labute approximate surface area is 175 Å². The Hall–Kier alpha value is -0.640. The number of nitrogens with one attached hydrogen (secondary N) is 1. The first-order chi connectivity index (χ1) is 12.5. The zero-order valence-corrected chi connectivity index (χ0v) is 18.8. The number of amides is 1. The number of hydrogen-bond acceptors (Lipinski definition) is 7. The summed E-state index contributed by atoms with van der Waals surface area (Å²) in [7, 11) is 3.19. The predicted octanol–water partition coefficient (Wildman–Crippen LogP) is 1.56. The molecule has 2 rings (SSSR count). The van der Waals surface area contributed by atoms with Crippen LogP contribution in [0.5, 0.6) is 0 Å². The Kier molecular flexibility index (Phi) is 11.9. The van der Waals surface area contributed by atoms with Crippen LogP contribution in [0.1, 0.15) is 46.5 Å². The topological polar surface area (TPSA) is 100 Å². The molecule has 0 unspecified atom stereocenters. The van der Waals surface area contributed by atoms with Gasteiger partial charge < -0.3 is 34.6 Å². The van der Waals surface area contributed by atoms with Crippen LogP contribution >= 0.6 is 12.4 Å². The Bertz CT molecular complexity index is 439. The van der Waals surface area contributed by atoms with E-state index in [-0.39, 0.29) is 18.5 Å². The SMILES string of the molecule is COCC1(O)CCN(C(=O)OC(C)(C)C)CC1.COCC1(O)CCNCC1.Cl. The van der Waals surface area contributed by atoms with Crippen LogP contribution < -0.4 is 5.32 Å². The van der Waals surface area contributed by atoms with E-state index in [9.17, 15) is 15.0 Å². The van der Waals surface area contributed by atoms with Gasteiger partial charge in [-0.15, -0.1) is 12.4 Å². The molecule has 0 bridgehead atoms. The Balaban J connectivity index is 0.000000567. The number of carbonyl (C=O) groups is 1. The fraction of sp³-hybridized carbons (Fsp3) is 0.947. The van der Waals surface area contributed by atoms with E-state index in [1.54, 1.807) is 19.1 Å². The van der Waals surface area contributed by atoms with Crippen LogP contribution in [0.2, 0.25) is 0 Å². The number of hydrogen-bond donors (Lipinski definition) is 3. The van der Waals surface area contributed by atoms with Crippen molar-refractivity contribution in [3.8, 4) is 0 Å². The molecule has 2 saturated heterocycles. The van der Waals surface area contributed by atoms with E-state index in [4.69, 9.17) is 14.2 Å². The zero-order chi connectivity index (χ0) is 20.6. The van der Waals surface area contributed by atoms with Gasteiger partial charge >= 0.3 is 6.09 Å². The molecule has 0 atom stereocenters. The molecule has 0 spiro atoms. The van der Waals surface area contributed by atoms with Crippen LogP contribution in [0.4, 0.5) is 4.79 Å². The summed E-state index contributed by atoms with van der Waals surface area (Å²) in [6.45, 7) is 9.13. The molecule has 1 amide bonds. The normalized spacial score (nSPS) is 21.0. The summed E-state index contributed by atoms with van der Waals surface area (Å²) in [5.41, 5.74) is -1.83. The number of rotatable bonds is 4. The van der Waals surface area contributed by atoms with E-state index in [0.717, 1.165) is 25.9 Å². The maximum Gasteiger partial charge on any atom is 0.410 e. The fourth-order valence-electron chi connectivity index (χ4n) is 3.15. The van der Waals surface area contributed by atoms with Gasteiger partial charge in [0.1, 0.15) is 5.60 Å². The maximum atomic E-state index is 11.8. The van der Waals surface area contributed by atoms with Gasteiger partial charge in [0.05, 0.1) is 24.4 Å². The van der Waals surface area contributed by atoms with Gasteiger partial charge in [0.15, 0.2) is 0 Å². The van der Waals surface area contributed by atoms with Crippen LogP contribution in [0, 0.1) is 0 Å². The van der Waals surface area contributed by atoms with Crippen molar-refractivity contribution in [1.29, 1.82) is 0 Å². The van der Waals surface area contributed by atoms with Crippen molar-refractivity contribution < 1.29 is 29.2 Å². The van der Waals surface area contributed by atoms with Crippen molar-refractivity contribution in [3.05, 3.63) is 0 Å². The first-order valence-electron chi connectivity index (χ1n) is 9.64. The molecule has 0 aromatic carbocycles. The number of halogens is 1. The first kappa shape index (κ1) is 27.4. The van der Waals surface area contributed by atoms with Crippen molar-refractivity contribution in [2.75, 3.05) is 53.6 Å². The third-order valence-corrected chi connectivity index (χ3v) is 4.71. The monoisotopic (exact) mass is 426 g/mol. The summed E-state index contributed by atoms with van der Waals surface area (Å²) in [5, 5.41) is 23.0. The van der Waals surface area contributed by atoms with Gasteiger partial charge in [0.2, 0.25) is 0 Å². The Morgan fingerprint density at radius 3 is 1.79 bits per heavy atom. The highest BCUT2D eigenvalue weighted by Crippen LogP contribution is 2.23. The van der Waals surface area contributed by atoms with E-state index < -0.39 is 16.8 Å². The lowest BCUT2D eigenvalue weighted by molar-refractivity contribution is -0.0723. The fourth-order valence-corrected chi connectivity index (χ4v) is 3.15. The second kappa shape index (κ2) is 12.1. The molecule has 168 valence electrons. The lowest BCUT2D eigenvalue weighted by Gasteiger charge is -2.38. The van der Waals surface area contributed by atoms with Crippen molar-refractivity contribution in [3.63, 3.8) is 0 Å². The van der Waals surface area contributed by atoms with Crippen molar-refractivity contribution in [2.24, 2.45) is 0 Å². The van der Waals surface area contributed by atoms with Gasteiger partial charge in [-0.05, 0) is 59.5 Å². The Morgan fingerprint density at radius 1 is 0.964 bits per heavy atom. The molecule has 0 aliphatic carbocycles. The van der Waals surface area contributed by atoms with Gasteiger partial charge in [-0.2, -0.15) is 0 Å². The van der Waals surface area contributed by atoms with Crippen molar-refractivity contribution in [1.82, 2.24) is 10.2 Å². The molecule has 2 aliphatic rings. The molecule has 8 nitrogen and oxygen atoms in total. The van der Waals surface area contributed by atoms with Crippen LogP contribution in [-0.2, 0) is 14.2 Å². The third-order valence-electron chi connectivity index (χ3n) is 4.71. The first-order valence-corrected chi connectivity index (χ1v) is 9.64. The summed E-state index contributed by atoms with van der Waals surface area (Å²) in [5.74, 6) is 0. The highest BCUT2D eigenvalue weighted by molar-refractivity contribution is 5.85. The zero-order valence-electron chi connectivity index (χ0n) is 18.0. The van der Waals surface area contributed by atoms with Gasteiger partial charge in [0, 0.05) is 27.3 Å². The maximum absolute atomic E-state index is 11.8. The number of piperidine rings is 2. The molecule has 3 N–H and O–H groups in total. The average molecular weight is 427 g/mol. The molecule has 28 heavy (non-hydrogen) atoms. The van der Waals surface area contributed by atoms with E-state index in [2.05, 4.69) is 5.32 Å². The quantitative estimate of drug-likeness (QED) is 0.627. The summed E-state index contributed by atoms with van der Waals surface area (Å²) in [4.78, 5) is 13.4. The van der Waals surface area contributed by atoms with Gasteiger partial charge in [0.25, 0.3) is 0 Å². The van der Waals surface area contributed by atoms with Crippen molar-refractivity contribution >= 4 is 18.5 Å². The third kappa shape index (κ3) is 10.2. The standard InChI is InChI=1S/C12H23NO4.C7H15NO2.ClH/c1-11(2,3)17-10(14)13-7-5-12(15,6-8-13)9-16-4;1-10-6-7(9)2-4-8-5-3-7;/h15H,5-9H2,1-4H3;8-9H,2-6H2,1H3;1H. The van der Waals surface area contributed by atoms with E-state index in [1.807, 2.05) is 20.8 Å². The second-order valence-electron chi connectivity index (χ2n) is 8.53. The minimum atomic E-state index is -0.798. The van der Waals surface area contributed by atoms with Gasteiger partial charge in [-0.1, -0.05) is 0 Å². The molecule has 2 heterocycles. The molecular formula is C19H39ClN2O6. The number of nitrogens with zero attached hydrogens (tertiary/aromatic N) is 1. The molecule has 2 aliphatic heterocycles. The number of carbonyl (C=O) groups excluding carboxylic acids is 1. The molecule has 0 saturated carbocycles. The predicted molar refractivity (Wildman–Crippen MR) is 110 cm³/mol. The summed E-state index contributed by atoms with van der Waals surface area (Å²) in [6, 6.07) is 0. The minimum absolute atomic E-state index is 0. The largest absolute Gasteiger partial charge is 0.444 e. The average Bonchev–Trinajstić information content (AvgIpc) is 2.55. The van der Waals surface area contributed by atoms with Crippen LogP contribution in [0.15, 0.2) is 0 Å². The number of likely N-dealkylation sites (tertiary alicyclic amines) is 1. The highest BCUT2D eigenvalue weighted by Gasteiger charge is 2.35. The van der Waals surface area contributed by atoms with Gasteiger partial charge in [-0.25, -0.2) is 4.79 Å². The van der Waals surface area contributed by atoms with Crippen LogP contribution in [0.3, 0.4) is 0 Å². The second-order valence-corrected chi connectivity index (χ2v) is 8.53. The van der Waals surface area contributed by atoms with Crippen LogP contribution in [-0.4, -0.2) is 91.6 Å². The minimum Gasteiger partial charge on any atom is -0.444 e. The smallest absolute Gasteiger partial charge is 0.410 e.